The van der Waals surface area contributed by atoms with E-state index in [4.69, 9.17) is 9.15 Å². The highest BCUT2D eigenvalue weighted by molar-refractivity contribution is 5.64. The molecule has 0 bridgehead atoms. The average Bonchev–Trinajstić information content (AvgIpc) is 2.41. The molecule has 0 aliphatic rings. The zero-order valence-corrected chi connectivity index (χ0v) is 13.0. The van der Waals surface area contributed by atoms with Crippen LogP contribution in [-0.2, 0) is 0 Å². The molecule has 0 radical (unpaired) electrons. The second kappa shape index (κ2) is 5.60. The zero-order chi connectivity index (χ0) is 15.6. The van der Waals surface area contributed by atoms with Crippen molar-refractivity contribution in [1.82, 2.24) is 4.98 Å². The van der Waals surface area contributed by atoms with E-state index < -0.39 is 0 Å². The highest BCUT2D eigenvalue weighted by Crippen LogP contribution is 2.24. The van der Waals surface area contributed by atoms with E-state index in [0.717, 1.165) is 11.3 Å². The number of aromatic nitrogens is 1. The normalized spacial score (nSPS) is 11.3. The monoisotopic (exact) mass is 288 g/mol. The standard InChI is InChI=1S/C16H20N2O3/c1-10-13(11-6-8-12(20-5)9-7-11)17-15(21-14(10)19)18-16(2,3)4/h6-9H,1-5H3,(H,17,18). The summed E-state index contributed by atoms with van der Waals surface area (Å²) >= 11 is 0. The lowest BCUT2D eigenvalue weighted by Gasteiger charge is -2.20. The predicted octanol–water partition coefficient (Wildman–Crippen LogP) is 3.23. The van der Waals surface area contributed by atoms with E-state index in [1.807, 2.05) is 45.0 Å². The van der Waals surface area contributed by atoms with Crippen LogP contribution < -0.4 is 15.7 Å². The number of methoxy groups -OCH3 is 1. The lowest BCUT2D eigenvalue weighted by atomic mass is 10.1. The van der Waals surface area contributed by atoms with Crippen LogP contribution in [0.25, 0.3) is 11.3 Å². The molecule has 1 aromatic heterocycles. The van der Waals surface area contributed by atoms with Gasteiger partial charge in [-0.2, -0.15) is 4.98 Å². The van der Waals surface area contributed by atoms with Crippen molar-refractivity contribution in [2.24, 2.45) is 0 Å². The van der Waals surface area contributed by atoms with Crippen molar-refractivity contribution in [2.45, 2.75) is 33.2 Å². The molecule has 5 nitrogen and oxygen atoms in total. The molecular formula is C16H20N2O3. The number of rotatable bonds is 3. The van der Waals surface area contributed by atoms with E-state index >= 15 is 0 Å². The van der Waals surface area contributed by atoms with E-state index in [-0.39, 0.29) is 17.2 Å². The molecule has 0 aliphatic heterocycles. The lowest BCUT2D eigenvalue weighted by Crippen LogP contribution is -2.27. The number of hydrogen-bond acceptors (Lipinski definition) is 5. The molecule has 1 N–H and O–H groups in total. The number of ether oxygens (including phenoxy) is 1. The maximum Gasteiger partial charge on any atom is 0.343 e. The van der Waals surface area contributed by atoms with Crippen LogP contribution in [0.2, 0.25) is 0 Å². The van der Waals surface area contributed by atoms with Crippen LogP contribution in [0.15, 0.2) is 33.5 Å². The third kappa shape index (κ3) is 3.62. The minimum atomic E-state index is -0.387. The topological polar surface area (TPSA) is 64.4 Å². The molecule has 0 saturated carbocycles. The minimum absolute atomic E-state index is 0.226. The van der Waals surface area contributed by atoms with Gasteiger partial charge in [0, 0.05) is 11.1 Å². The molecule has 0 amide bonds. The Hall–Kier alpha value is -2.30. The van der Waals surface area contributed by atoms with Crippen LogP contribution in [0.1, 0.15) is 26.3 Å². The molecule has 1 aromatic carbocycles. The fraction of sp³-hybridized carbons (Fsp3) is 0.375. The molecule has 0 fully saturated rings. The molecule has 0 atom stereocenters. The van der Waals surface area contributed by atoms with Gasteiger partial charge in [-0.1, -0.05) is 0 Å². The molecule has 1 heterocycles. The molecule has 0 saturated heterocycles. The van der Waals surface area contributed by atoms with Crippen LogP contribution in [0, 0.1) is 6.92 Å². The lowest BCUT2D eigenvalue weighted by molar-refractivity contribution is 0.415. The SMILES string of the molecule is COc1ccc(-c2nc(NC(C)(C)C)oc(=O)c2C)cc1. The van der Waals surface area contributed by atoms with Gasteiger partial charge in [-0.25, -0.2) is 4.79 Å². The third-order valence-electron chi connectivity index (χ3n) is 2.91. The number of hydrogen-bond donors (Lipinski definition) is 1. The summed E-state index contributed by atoms with van der Waals surface area (Å²) in [7, 11) is 1.61. The molecule has 2 rings (SSSR count). The number of nitrogens with zero attached hydrogens (tertiary/aromatic N) is 1. The Morgan fingerprint density at radius 2 is 1.81 bits per heavy atom. The molecule has 0 unspecified atom stereocenters. The molecule has 21 heavy (non-hydrogen) atoms. The van der Waals surface area contributed by atoms with E-state index in [1.54, 1.807) is 14.0 Å². The number of anilines is 1. The van der Waals surface area contributed by atoms with Crippen molar-refractivity contribution in [3.05, 3.63) is 40.2 Å². The fourth-order valence-corrected chi connectivity index (χ4v) is 1.87. The molecule has 112 valence electrons. The Balaban J connectivity index is 2.48. The molecule has 0 aliphatic carbocycles. The van der Waals surface area contributed by atoms with E-state index in [0.29, 0.717) is 11.3 Å². The first-order valence-electron chi connectivity index (χ1n) is 6.74. The van der Waals surface area contributed by atoms with Crippen molar-refractivity contribution in [1.29, 1.82) is 0 Å². The largest absolute Gasteiger partial charge is 0.497 e. The summed E-state index contributed by atoms with van der Waals surface area (Å²) in [4.78, 5) is 16.4. The van der Waals surface area contributed by atoms with Gasteiger partial charge in [0.1, 0.15) is 5.75 Å². The summed E-state index contributed by atoms with van der Waals surface area (Å²) in [5, 5.41) is 3.08. The van der Waals surface area contributed by atoms with Crippen LogP contribution in [0.5, 0.6) is 5.75 Å². The molecule has 2 aromatic rings. The van der Waals surface area contributed by atoms with Gasteiger partial charge in [0.15, 0.2) is 0 Å². The Kier molecular flexibility index (Phi) is 4.02. The maximum absolute atomic E-state index is 12.0. The predicted molar refractivity (Wildman–Crippen MR) is 82.9 cm³/mol. The van der Waals surface area contributed by atoms with Gasteiger partial charge in [0.05, 0.1) is 18.4 Å². The van der Waals surface area contributed by atoms with Gasteiger partial charge in [-0.15, -0.1) is 0 Å². The van der Waals surface area contributed by atoms with Gasteiger partial charge in [-0.05, 0) is 52.0 Å². The maximum atomic E-state index is 12.0. The first-order chi connectivity index (χ1) is 9.80. The van der Waals surface area contributed by atoms with Crippen LogP contribution in [0.4, 0.5) is 6.01 Å². The number of nitrogens with one attached hydrogen (secondary N) is 1. The second-order valence-electron chi connectivity index (χ2n) is 5.88. The van der Waals surface area contributed by atoms with E-state index in [2.05, 4.69) is 10.3 Å². The van der Waals surface area contributed by atoms with Gasteiger partial charge in [0.25, 0.3) is 6.01 Å². The summed E-state index contributed by atoms with van der Waals surface area (Å²) in [6.07, 6.45) is 0. The average molecular weight is 288 g/mol. The van der Waals surface area contributed by atoms with Crippen LogP contribution in [-0.4, -0.2) is 17.6 Å². The van der Waals surface area contributed by atoms with Crippen molar-refractivity contribution < 1.29 is 9.15 Å². The summed E-state index contributed by atoms with van der Waals surface area (Å²) < 4.78 is 10.3. The van der Waals surface area contributed by atoms with Crippen molar-refractivity contribution in [3.63, 3.8) is 0 Å². The van der Waals surface area contributed by atoms with Gasteiger partial charge in [-0.3, -0.25) is 0 Å². The Labute approximate surface area is 124 Å². The van der Waals surface area contributed by atoms with E-state index in [9.17, 15) is 4.79 Å². The van der Waals surface area contributed by atoms with Gasteiger partial charge >= 0.3 is 5.63 Å². The van der Waals surface area contributed by atoms with Crippen LogP contribution >= 0.6 is 0 Å². The van der Waals surface area contributed by atoms with Crippen LogP contribution in [0.3, 0.4) is 0 Å². The van der Waals surface area contributed by atoms with E-state index in [1.165, 1.54) is 0 Å². The summed E-state index contributed by atoms with van der Waals surface area (Å²) in [6, 6.07) is 7.64. The third-order valence-corrected chi connectivity index (χ3v) is 2.91. The Morgan fingerprint density at radius 3 is 2.33 bits per heavy atom. The molecule has 5 heteroatoms. The van der Waals surface area contributed by atoms with Gasteiger partial charge < -0.3 is 14.5 Å². The minimum Gasteiger partial charge on any atom is -0.497 e. The molecular weight excluding hydrogens is 268 g/mol. The summed E-state index contributed by atoms with van der Waals surface area (Å²) in [5.41, 5.74) is 1.32. The Bertz CT molecular complexity index is 682. The molecule has 0 spiro atoms. The Morgan fingerprint density at radius 1 is 1.19 bits per heavy atom. The zero-order valence-electron chi connectivity index (χ0n) is 13.0. The van der Waals surface area contributed by atoms with Crippen molar-refractivity contribution in [3.8, 4) is 17.0 Å². The van der Waals surface area contributed by atoms with Crippen molar-refractivity contribution >= 4 is 6.01 Å². The fourth-order valence-electron chi connectivity index (χ4n) is 1.87. The smallest absolute Gasteiger partial charge is 0.343 e. The quantitative estimate of drug-likeness (QED) is 0.939. The van der Waals surface area contributed by atoms with Crippen molar-refractivity contribution in [2.75, 3.05) is 12.4 Å². The second-order valence-corrected chi connectivity index (χ2v) is 5.88. The first-order valence-corrected chi connectivity index (χ1v) is 6.74. The first kappa shape index (κ1) is 15.1. The summed E-state index contributed by atoms with van der Waals surface area (Å²) in [5.74, 6) is 0.757. The van der Waals surface area contributed by atoms with Gasteiger partial charge in [0.2, 0.25) is 0 Å². The number of benzene rings is 1. The highest BCUT2D eigenvalue weighted by atomic mass is 16.5. The highest BCUT2D eigenvalue weighted by Gasteiger charge is 2.16. The summed E-state index contributed by atoms with van der Waals surface area (Å²) in [6.45, 7) is 7.63.